The Balaban J connectivity index is 1.73. The fourth-order valence-electron chi connectivity index (χ4n) is 2.50. The van der Waals surface area contributed by atoms with Crippen LogP contribution in [0.2, 0.25) is 0 Å². The van der Waals surface area contributed by atoms with Crippen molar-refractivity contribution >= 4 is 28.2 Å². The summed E-state index contributed by atoms with van der Waals surface area (Å²) in [6, 6.07) is 17.3. The van der Waals surface area contributed by atoms with Gasteiger partial charge in [-0.3, -0.25) is 9.78 Å². The van der Waals surface area contributed by atoms with Gasteiger partial charge in [0.1, 0.15) is 0 Å². The second kappa shape index (κ2) is 6.48. The molecule has 3 N–H and O–H groups in total. The first kappa shape index (κ1) is 15.0. The van der Waals surface area contributed by atoms with Crippen molar-refractivity contribution < 1.29 is 4.79 Å². The monoisotopic (exact) mass is 305 g/mol. The van der Waals surface area contributed by atoms with E-state index in [1.807, 2.05) is 54.6 Å². The Labute approximate surface area is 135 Å². The number of anilines is 2. The van der Waals surface area contributed by atoms with Crippen LogP contribution in [0, 0.1) is 0 Å². The zero-order chi connectivity index (χ0) is 16.2. The third kappa shape index (κ3) is 3.48. The average molecular weight is 305 g/mol. The highest BCUT2D eigenvalue weighted by Crippen LogP contribution is 2.19. The van der Waals surface area contributed by atoms with Gasteiger partial charge in [-0.2, -0.15) is 0 Å². The van der Waals surface area contributed by atoms with Crippen LogP contribution in [0.4, 0.5) is 11.4 Å². The molecule has 0 aliphatic rings. The van der Waals surface area contributed by atoms with E-state index in [0.29, 0.717) is 11.4 Å². The van der Waals surface area contributed by atoms with E-state index in [1.165, 1.54) is 5.56 Å². The Morgan fingerprint density at radius 1 is 1.09 bits per heavy atom. The molecule has 2 aromatic carbocycles. The van der Waals surface area contributed by atoms with Gasteiger partial charge < -0.3 is 11.1 Å². The van der Waals surface area contributed by atoms with Crippen LogP contribution < -0.4 is 11.1 Å². The van der Waals surface area contributed by atoms with Crippen LogP contribution >= 0.6 is 0 Å². The van der Waals surface area contributed by atoms with Crippen LogP contribution in [-0.2, 0) is 17.6 Å². The number of aryl methyl sites for hydroxylation is 1. The van der Waals surface area contributed by atoms with Crippen molar-refractivity contribution in [3.05, 3.63) is 65.9 Å². The molecule has 0 fully saturated rings. The van der Waals surface area contributed by atoms with E-state index in [0.717, 1.165) is 23.0 Å². The lowest BCUT2D eigenvalue weighted by molar-refractivity contribution is -0.115. The molecule has 0 aliphatic carbocycles. The summed E-state index contributed by atoms with van der Waals surface area (Å²) < 4.78 is 0. The molecule has 23 heavy (non-hydrogen) atoms. The molecule has 0 radical (unpaired) electrons. The van der Waals surface area contributed by atoms with Crippen molar-refractivity contribution in [2.45, 2.75) is 19.8 Å². The van der Waals surface area contributed by atoms with E-state index in [-0.39, 0.29) is 12.3 Å². The van der Waals surface area contributed by atoms with Gasteiger partial charge in [-0.05, 0) is 36.2 Å². The first-order chi connectivity index (χ1) is 11.2. The van der Waals surface area contributed by atoms with Crippen molar-refractivity contribution in [3.8, 4) is 0 Å². The lowest BCUT2D eigenvalue weighted by Crippen LogP contribution is -2.15. The maximum Gasteiger partial charge on any atom is 0.230 e. The minimum absolute atomic E-state index is 0.0874. The van der Waals surface area contributed by atoms with Crippen LogP contribution in [0.5, 0.6) is 0 Å². The lowest BCUT2D eigenvalue weighted by atomic mass is 10.1. The summed E-state index contributed by atoms with van der Waals surface area (Å²) in [5, 5.41) is 3.87. The minimum atomic E-state index is -0.0874. The molecule has 0 aliphatic heterocycles. The van der Waals surface area contributed by atoms with Crippen molar-refractivity contribution in [1.82, 2.24) is 4.98 Å². The molecular formula is C19H19N3O. The zero-order valence-electron chi connectivity index (χ0n) is 13.0. The minimum Gasteiger partial charge on any atom is -0.397 e. The highest BCUT2D eigenvalue weighted by molar-refractivity contribution is 5.93. The molecule has 1 aromatic heterocycles. The number of hydrogen-bond acceptors (Lipinski definition) is 3. The maximum absolute atomic E-state index is 12.2. The number of hydrogen-bond donors (Lipinski definition) is 2. The number of benzene rings is 2. The van der Waals surface area contributed by atoms with E-state index in [2.05, 4.69) is 17.2 Å². The van der Waals surface area contributed by atoms with Crippen molar-refractivity contribution in [2.24, 2.45) is 0 Å². The maximum atomic E-state index is 12.2. The number of fused-ring (bicyclic) bond motifs is 1. The summed E-state index contributed by atoms with van der Waals surface area (Å²) in [5.41, 5.74) is 10.1. The van der Waals surface area contributed by atoms with E-state index in [4.69, 9.17) is 5.73 Å². The molecule has 4 nitrogen and oxygen atoms in total. The second-order valence-electron chi connectivity index (χ2n) is 5.50. The molecule has 3 rings (SSSR count). The van der Waals surface area contributed by atoms with E-state index in [9.17, 15) is 4.79 Å². The number of nitrogens with one attached hydrogen (secondary N) is 1. The number of aromatic nitrogens is 1. The number of nitrogens with two attached hydrogens (primary N) is 1. The van der Waals surface area contributed by atoms with Gasteiger partial charge in [0.05, 0.1) is 23.3 Å². The Bertz CT molecular complexity index is 841. The summed E-state index contributed by atoms with van der Waals surface area (Å²) in [7, 11) is 0. The standard InChI is InChI=1S/C19H19N3O/c1-2-13-6-9-15(10-7-13)21-18(23)12-16-11-8-14-4-3-5-17(20)19(14)22-16/h3-11H,2,12,20H2,1H3,(H,21,23). The first-order valence-electron chi connectivity index (χ1n) is 7.68. The predicted molar refractivity (Wildman–Crippen MR) is 94.3 cm³/mol. The summed E-state index contributed by atoms with van der Waals surface area (Å²) in [6.45, 7) is 2.10. The van der Waals surface area contributed by atoms with Crippen molar-refractivity contribution in [3.63, 3.8) is 0 Å². The van der Waals surface area contributed by atoms with E-state index in [1.54, 1.807) is 0 Å². The smallest absolute Gasteiger partial charge is 0.230 e. The number of nitrogens with zero attached hydrogens (tertiary/aromatic N) is 1. The van der Waals surface area contributed by atoms with Crippen molar-refractivity contribution in [2.75, 3.05) is 11.1 Å². The number of pyridine rings is 1. The number of rotatable bonds is 4. The number of nitrogen functional groups attached to an aromatic ring is 1. The topological polar surface area (TPSA) is 68.0 Å². The Morgan fingerprint density at radius 2 is 1.87 bits per heavy atom. The molecule has 0 spiro atoms. The van der Waals surface area contributed by atoms with Gasteiger partial charge in [0.25, 0.3) is 0 Å². The van der Waals surface area contributed by atoms with E-state index < -0.39 is 0 Å². The third-order valence-electron chi connectivity index (χ3n) is 3.80. The average Bonchev–Trinajstić information content (AvgIpc) is 2.56. The molecule has 0 saturated carbocycles. The van der Waals surface area contributed by atoms with Crippen LogP contribution in [0.25, 0.3) is 10.9 Å². The van der Waals surface area contributed by atoms with Gasteiger partial charge >= 0.3 is 0 Å². The number of para-hydroxylation sites is 1. The van der Waals surface area contributed by atoms with Crippen LogP contribution in [0.15, 0.2) is 54.6 Å². The largest absolute Gasteiger partial charge is 0.397 e. The van der Waals surface area contributed by atoms with Crippen LogP contribution in [0.3, 0.4) is 0 Å². The summed E-state index contributed by atoms with van der Waals surface area (Å²) >= 11 is 0. The van der Waals surface area contributed by atoms with E-state index >= 15 is 0 Å². The van der Waals surface area contributed by atoms with Crippen LogP contribution in [-0.4, -0.2) is 10.9 Å². The fraction of sp³-hybridized carbons (Fsp3) is 0.158. The first-order valence-corrected chi connectivity index (χ1v) is 7.68. The summed E-state index contributed by atoms with van der Waals surface area (Å²) in [6.07, 6.45) is 1.20. The molecular weight excluding hydrogens is 286 g/mol. The zero-order valence-corrected chi connectivity index (χ0v) is 13.0. The van der Waals surface area contributed by atoms with Gasteiger partial charge in [-0.15, -0.1) is 0 Å². The SMILES string of the molecule is CCc1ccc(NC(=O)Cc2ccc3cccc(N)c3n2)cc1. The number of amides is 1. The quantitative estimate of drug-likeness (QED) is 0.724. The van der Waals surface area contributed by atoms with Gasteiger partial charge in [0.15, 0.2) is 0 Å². The fourth-order valence-corrected chi connectivity index (χ4v) is 2.50. The van der Waals surface area contributed by atoms with Gasteiger partial charge in [0.2, 0.25) is 5.91 Å². The van der Waals surface area contributed by atoms with Gasteiger partial charge in [0, 0.05) is 11.1 Å². The number of carbonyl (C=O) groups is 1. The predicted octanol–water partition coefficient (Wildman–Crippen LogP) is 3.56. The van der Waals surface area contributed by atoms with Gasteiger partial charge in [-0.25, -0.2) is 0 Å². The molecule has 1 heterocycles. The molecule has 4 heteroatoms. The number of carbonyl (C=O) groups excluding carboxylic acids is 1. The second-order valence-corrected chi connectivity index (χ2v) is 5.50. The normalized spacial score (nSPS) is 10.7. The molecule has 0 bridgehead atoms. The Kier molecular flexibility index (Phi) is 4.24. The molecule has 116 valence electrons. The summed E-state index contributed by atoms with van der Waals surface area (Å²) in [4.78, 5) is 16.7. The highest BCUT2D eigenvalue weighted by Gasteiger charge is 2.07. The van der Waals surface area contributed by atoms with Crippen molar-refractivity contribution in [1.29, 1.82) is 0 Å². The lowest BCUT2D eigenvalue weighted by Gasteiger charge is -2.07. The summed E-state index contributed by atoms with van der Waals surface area (Å²) in [5.74, 6) is -0.0874. The Morgan fingerprint density at radius 3 is 2.61 bits per heavy atom. The van der Waals surface area contributed by atoms with Crippen LogP contribution in [0.1, 0.15) is 18.2 Å². The molecule has 0 unspecified atom stereocenters. The molecule has 1 amide bonds. The highest BCUT2D eigenvalue weighted by atomic mass is 16.1. The molecule has 0 atom stereocenters. The van der Waals surface area contributed by atoms with Gasteiger partial charge in [-0.1, -0.05) is 37.3 Å². The third-order valence-corrected chi connectivity index (χ3v) is 3.80. The Hall–Kier alpha value is -2.88. The molecule has 3 aromatic rings. The molecule has 0 saturated heterocycles.